The number of carbonyl (C=O) groups is 3. The maximum atomic E-state index is 13.6. The molecule has 0 spiro atoms. The molecule has 3 unspecified atom stereocenters. The number of hydrazone groups is 1. The van der Waals surface area contributed by atoms with Gasteiger partial charge in [0.05, 0.1) is 18.4 Å². The number of nitrogens with one attached hydrogen (secondary N) is 1. The highest BCUT2D eigenvalue weighted by Gasteiger charge is 2.32. The Morgan fingerprint density at radius 3 is 2.56 bits per heavy atom. The largest absolute Gasteiger partial charge is 0.481 e. The molecule has 3 aromatic rings. The molecule has 0 bridgehead atoms. The van der Waals surface area contributed by atoms with Gasteiger partial charge in [-0.1, -0.05) is 61.5 Å². The molecule has 1 aliphatic heterocycles. The Bertz CT molecular complexity index is 1530. The van der Waals surface area contributed by atoms with Crippen LogP contribution in [0, 0.1) is 18.4 Å². The van der Waals surface area contributed by atoms with Crippen LogP contribution in [0.5, 0.6) is 0 Å². The quantitative estimate of drug-likeness (QED) is 0.382. The molecule has 0 saturated carbocycles. The van der Waals surface area contributed by atoms with Crippen molar-refractivity contribution < 1.29 is 24.2 Å². The molecule has 41 heavy (non-hydrogen) atoms. The molecule has 2 amide bonds. The third kappa shape index (κ3) is 6.12. The van der Waals surface area contributed by atoms with Crippen molar-refractivity contribution in [2.24, 2.45) is 16.9 Å². The Hall–Kier alpha value is -4.97. The average molecular weight is 551 g/mol. The van der Waals surface area contributed by atoms with Crippen LogP contribution in [-0.2, 0) is 38.5 Å². The number of ether oxygens (including phenoxy) is 1. The molecule has 0 saturated heterocycles. The summed E-state index contributed by atoms with van der Waals surface area (Å²) in [6, 6.07) is 22.3. The van der Waals surface area contributed by atoms with Crippen LogP contribution in [0.3, 0.4) is 0 Å². The zero-order chi connectivity index (χ0) is 28.9. The molecule has 208 valence electrons. The van der Waals surface area contributed by atoms with E-state index >= 15 is 0 Å². The number of aliphatic carboxylic acids is 1. The molecule has 2 N–H and O–H groups in total. The summed E-state index contributed by atoms with van der Waals surface area (Å²) >= 11 is 0. The van der Waals surface area contributed by atoms with Crippen LogP contribution in [0.2, 0.25) is 0 Å². The fourth-order valence-corrected chi connectivity index (χ4v) is 5.39. The zero-order valence-electron chi connectivity index (χ0n) is 22.6. The summed E-state index contributed by atoms with van der Waals surface area (Å²) in [6.07, 6.45) is 0.808. The Kier molecular flexibility index (Phi) is 8.11. The van der Waals surface area contributed by atoms with E-state index in [4.69, 9.17) is 11.3 Å². The van der Waals surface area contributed by atoms with Crippen molar-refractivity contribution in [3.05, 3.63) is 112 Å². The Morgan fingerprint density at radius 2 is 1.85 bits per heavy atom. The highest BCUT2D eigenvalue weighted by atomic mass is 16.5. The number of fused-ring (bicyclic) bond motifs is 1. The second kappa shape index (κ2) is 12.0. The highest BCUT2D eigenvalue weighted by molar-refractivity contribution is 5.98. The minimum absolute atomic E-state index is 0.0986. The highest BCUT2D eigenvalue weighted by Crippen LogP contribution is 2.34. The van der Waals surface area contributed by atoms with Gasteiger partial charge in [-0.2, -0.15) is 0 Å². The molecule has 2 aliphatic rings. The number of hydrogen-bond acceptors (Lipinski definition) is 5. The number of anilines is 1. The van der Waals surface area contributed by atoms with Gasteiger partial charge in [0.15, 0.2) is 6.61 Å². The molecule has 3 atom stereocenters. The number of nitrogens with zero attached hydrogens (tertiary/aromatic N) is 3. The molecular weight excluding hydrogens is 520 g/mol. The van der Waals surface area contributed by atoms with Crippen LogP contribution in [0.15, 0.2) is 77.9 Å². The summed E-state index contributed by atoms with van der Waals surface area (Å²) in [5.41, 5.74) is 4.76. The first kappa shape index (κ1) is 27.6. The fraction of sp³-hybridized carbons (Fsp3) is 0.281. The van der Waals surface area contributed by atoms with Gasteiger partial charge in [0.1, 0.15) is 0 Å². The second-order valence-corrected chi connectivity index (χ2v) is 10.4. The predicted molar refractivity (Wildman–Crippen MR) is 153 cm³/mol. The SMILES string of the molecule is [C-]#[N+]CC(C)C(C(=O)Nc1cccc2c1CC(C(=O)O)C2)c1ccc(CN2N=C(c3ccccc3)OCC2=O)cc1. The monoisotopic (exact) mass is 550 g/mol. The van der Waals surface area contributed by atoms with Gasteiger partial charge in [-0.3, -0.25) is 14.4 Å². The molecule has 1 aliphatic carbocycles. The first-order valence-corrected chi connectivity index (χ1v) is 13.5. The van der Waals surface area contributed by atoms with Crippen molar-refractivity contribution in [2.75, 3.05) is 18.5 Å². The minimum Gasteiger partial charge on any atom is -0.481 e. The van der Waals surface area contributed by atoms with Gasteiger partial charge in [-0.25, -0.2) is 11.6 Å². The molecule has 5 rings (SSSR count). The van der Waals surface area contributed by atoms with E-state index in [-0.39, 0.29) is 37.4 Å². The van der Waals surface area contributed by atoms with E-state index in [9.17, 15) is 19.5 Å². The first-order valence-electron chi connectivity index (χ1n) is 13.5. The van der Waals surface area contributed by atoms with E-state index in [0.29, 0.717) is 24.4 Å². The maximum absolute atomic E-state index is 13.6. The Morgan fingerprint density at radius 1 is 1.10 bits per heavy atom. The van der Waals surface area contributed by atoms with Gasteiger partial charge in [-0.05, 0) is 53.3 Å². The standard InChI is InChI=1S/C32H30N4O5/c1-20(17-33-2)29(30(38)34-27-10-6-9-24-15-25(32(39)40)16-26(24)27)22-13-11-21(12-14-22)18-36-28(37)19-41-31(35-36)23-7-4-3-5-8-23/h3-14,20,25,29H,15-19H2,1H3,(H,34,38)(H,39,40). The van der Waals surface area contributed by atoms with Crippen LogP contribution in [0.4, 0.5) is 5.69 Å². The minimum atomic E-state index is -0.845. The smallest absolute Gasteiger partial charge is 0.307 e. The van der Waals surface area contributed by atoms with Crippen molar-refractivity contribution in [1.82, 2.24) is 5.01 Å². The van der Waals surface area contributed by atoms with Gasteiger partial charge in [0, 0.05) is 17.2 Å². The van der Waals surface area contributed by atoms with Crippen molar-refractivity contribution in [3.63, 3.8) is 0 Å². The fourth-order valence-electron chi connectivity index (χ4n) is 5.39. The van der Waals surface area contributed by atoms with Gasteiger partial charge in [0.25, 0.3) is 5.91 Å². The molecular formula is C32H30N4O5. The van der Waals surface area contributed by atoms with Gasteiger partial charge in [-0.15, -0.1) is 5.10 Å². The molecule has 3 aromatic carbocycles. The van der Waals surface area contributed by atoms with E-state index in [1.165, 1.54) is 5.01 Å². The summed E-state index contributed by atoms with van der Waals surface area (Å²) in [6.45, 7) is 9.56. The normalized spacial score (nSPS) is 17.5. The molecule has 9 nitrogen and oxygen atoms in total. The molecule has 0 fully saturated rings. The van der Waals surface area contributed by atoms with Gasteiger partial charge < -0.3 is 20.0 Å². The number of hydrogen-bond donors (Lipinski definition) is 2. The van der Waals surface area contributed by atoms with Gasteiger partial charge in [0.2, 0.25) is 18.3 Å². The average Bonchev–Trinajstić information content (AvgIpc) is 3.42. The molecule has 0 aromatic heterocycles. The number of carboxylic acids is 1. The predicted octanol–water partition coefficient (Wildman–Crippen LogP) is 4.48. The van der Waals surface area contributed by atoms with Crippen LogP contribution >= 0.6 is 0 Å². The third-order valence-electron chi connectivity index (χ3n) is 7.55. The topological polar surface area (TPSA) is 113 Å². The van der Waals surface area contributed by atoms with Crippen molar-refractivity contribution in [3.8, 4) is 0 Å². The van der Waals surface area contributed by atoms with E-state index in [1.54, 1.807) is 6.07 Å². The lowest BCUT2D eigenvalue weighted by Gasteiger charge is -2.24. The van der Waals surface area contributed by atoms with Crippen molar-refractivity contribution in [2.45, 2.75) is 32.2 Å². The van der Waals surface area contributed by atoms with Crippen LogP contribution < -0.4 is 5.32 Å². The van der Waals surface area contributed by atoms with Crippen molar-refractivity contribution >= 4 is 29.4 Å². The Balaban J connectivity index is 1.34. The first-order chi connectivity index (χ1) is 19.8. The number of benzene rings is 3. The van der Waals surface area contributed by atoms with E-state index < -0.39 is 17.8 Å². The third-order valence-corrected chi connectivity index (χ3v) is 7.55. The number of carbonyl (C=O) groups excluding carboxylic acids is 2. The van der Waals surface area contributed by atoms with Crippen LogP contribution in [0.1, 0.15) is 40.7 Å². The van der Waals surface area contributed by atoms with E-state index in [0.717, 1.165) is 27.8 Å². The summed E-state index contributed by atoms with van der Waals surface area (Å²) in [5, 5.41) is 18.3. The zero-order valence-corrected chi connectivity index (χ0v) is 22.6. The maximum Gasteiger partial charge on any atom is 0.307 e. The number of rotatable bonds is 9. The lowest BCUT2D eigenvalue weighted by molar-refractivity contribution is -0.141. The lowest BCUT2D eigenvalue weighted by Crippen LogP contribution is -2.36. The van der Waals surface area contributed by atoms with E-state index in [1.807, 2.05) is 73.7 Å². The van der Waals surface area contributed by atoms with E-state index in [2.05, 4.69) is 15.3 Å². The van der Waals surface area contributed by atoms with Gasteiger partial charge >= 0.3 is 5.97 Å². The molecule has 9 heteroatoms. The summed E-state index contributed by atoms with van der Waals surface area (Å²) in [5.74, 6) is -2.33. The van der Waals surface area contributed by atoms with Crippen molar-refractivity contribution in [1.29, 1.82) is 0 Å². The molecule has 0 radical (unpaired) electrons. The molecule has 1 heterocycles. The second-order valence-electron chi connectivity index (χ2n) is 10.4. The Labute approximate surface area is 238 Å². The summed E-state index contributed by atoms with van der Waals surface area (Å²) in [4.78, 5) is 41.2. The van der Waals surface area contributed by atoms with Crippen LogP contribution in [-0.4, -0.2) is 46.9 Å². The summed E-state index contributed by atoms with van der Waals surface area (Å²) < 4.78 is 5.53. The lowest BCUT2D eigenvalue weighted by atomic mass is 9.85. The number of amides is 2. The summed E-state index contributed by atoms with van der Waals surface area (Å²) in [7, 11) is 0. The number of carboxylic acid groups (broad SMARTS) is 1. The van der Waals surface area contributed by atoms with Crippen LogP contribution in [0.25, 0.3) is 4.85 Å².